The number of nitrogens with one attached hydrogen (secondary N) is 1. The number of ether oxygens (including phenoxy) is 1. The van der Waals surface area contributed by atoms with Crippen molar-refractivity contribution >= 4 is 17.5 Å². The van der Waals surface area contributed by atoms with E-state index in [1.165, 1.54) is 13.3 Å². The molecular weight excluding hydrogens is 258 g/mol. The van der Waals surface area contributed by atoms with Gasteiger partial charge in [-0.2, -0.15) is 5.10 Å². The molecule has 0 fully saturated rings. The molecule has 20 heavy (non-hydrogen) atoms. The number of nitrogens with zero attached hydrogens (tertiary/aromatic N) is 3. The van der Waals surface area contributed by atoms with Crippen molar-refractivity contribution in [2.45, 2.75) is 13.5 Å². The molecule has 0 aromatic carbocycles. The predicted molar refractivity (Wildman–Crippen MR) is 75.3 cm³/mol. The Morgan fingerprint density at radius 2 is 2.25 bits per heavy atom. The molecule has 0 radical (unpaired) electrons. The van der Waals surface area contributed by atoms with Crippen LogP contribution in [-0.2, 0) is 18.3 Å². The average molecular weight is 275 g/mol. The Kier molecular flexibility index (Phi) is 3.88. The van der Waals surface area contributed by atoms with Gasteiger partial charge in [0.05, 0.1) is 30.8 Å². The molecule has 7 heteroatoms. The molecule has 0 amide bonds. The van der Waals surface area contributed by atoms with Gasteiger partial charge in [0.1, 0.15) is 5.82 Å². The lowest BCUT2D eigenvalue weighted by Crippen LogP contribution is -2.09. The molecular formula is C13H17N5O2. The van der Waals surface area contributed by atoms with Gasteiger partial charge in [0.25, 0.3) is 0 Å². The minimum Gasteiger partial charge on any atom is -0.465 e. The maximum atomic E-state index is 11.5. The summed E-state index contributed by atoms with van der Waals surface area (Å²) in [5.74, 6) is 0.0772. The zero-order valence-electron chi connectivity index (χ0n) is 11.7. The second-order valence-corrected chi connectivity index (χ2v) is 4.38. The summed E-state index contributed by atoms with van der Waals surface area (Å²) >= 11 is 0. The van der Waals surface area contributed by atoms with Crippen molar-refractivity contribution in [1.82, 2.24) is 14.8 Å². The number of carbonyl (C=O) groups is 1. The summed E-state index contributed by atoms with van der Waals surface area (Å²) in [6, 6.07) is 1.58. The molecule has 2 rings (SSSR count). The largest absolute Gasteiger partial charge is 0.465 e. The van der Waals surface area contributed by atoms with Gasteiger partial charge < -0.3 is 15.8 Å². The fraction of sp³-hybridized carbons (Fsp3) is 0.308. The first-order valence-corrected chi connectivity index (χ1v) is 6.08. The zero-order chi connectivity index (χ0) is 14.7. The molecule has 0 saturated carbocycles. The highest BCUT2D eigenvalue weighted by Gasteiger charge is 2.12. The first-order chi connectivity index (χ1) is 9.52. The van der Waals surface area contributed by atoms with Crippen LogP contribution in [0.25, 0.3) is 0 Å². The van der Waals surface area contributed by atoms with E-state index in [2.05, 4.69) is 20.1 Å². The number of aryl methyl sites for hydroxylation is 1. The number of carbonyl (C=O) groups excluding carboxylic acids is 1. The molecule has 0 spiro atoms. The zero-order valence-corrected chi connectivity index (χ0v) is 11.7. The van der Waals surface area contributed by atoms with Crippen LogP contribution in [0.2, 0.25) is 0 Å². The van der Waals surface area contributed by atoms with Crippen molar-refractivity contribution in [2.24, 2.45) is 7.05 Å². The van der Waals surface area contributed by atoms with Gasteiger partial charge in [0.15, 0.2) is 0 Å². The van der Waals surface area contributed by atoms with Crippen molar-refractivity contribution in [3.05, 3.63) is 35.3 Å². The Hall–Kier alpha value is -2.57. The molecule has 0 unspecified atom stereocenters. The van der Waals surface area contributed by atoms with Crippen LogP contribution in [0.1, 0.15) is 21.6 Å². The number of hydrogen-bond acceptors (Lipinski definition) is 6. The Labute approximate surface area is 116 Å². The van der Waals surface area contributed by atoms with Crippen LogP contribution in [0.5, 0.6) is 0 Å². The van der Waals surface area contributed by atoms with E-state index in [1.807, 2.05) is 14.0 Å². The van der Waals surface area contributed by atoms with Gasteiger partial charge in [-0.1, -0.05) is 0 Å². The van der Waals surface area contributed by atoms with Crippen molar-refractivity contribution in [1.29, 1.82) is 0 Å². The van der Waals surface area contributed by atoms with Gasteiger partial charge in [-0.25, -0.2) is 9.78 Å². The molecule has 0 saturated heterocycles. The Balaban J connectivity index is 2.14. The fourth-order valence-electron chi connectivity index (χ4n) is 1.75. The molecule has 0 atom stereocenters. The third-order valence-corrected chi connectivity index (χ3v) is 3.14. The number of esters is 1. The van der Waals surface area contributed by atoms with Crippen LogP contribution >= 0.6 is 0 Å². The second kappa shape index (κ2) is 5.60. The molecule has 2 aromatic heterocycles. The van der Waals surface area contributed by atoms with E-state index >= 15 is 0 Å². The van der Waals surface area contributed by atoms with Gasteiger partial charge in [-0.05, 0) is 13.0 Å². The predicted octanol–water partition coefficient (Wildman–Crippen LogP) is 1.10. The number of methoxy groups -OCH3 is 1. The molecule has 0 aliphatic carbocycles. The quantitative estimate of drug-likeness (QED) is 0.811. The first-order valence-electron chi connectivity index (χ1n) is 6.08. The third-order valence-electron chi connectivity index (χ3n) is 3.14. The van der Waals surface area contributed by atoms with Crippen LogP contribution in [0.3, 0.4) is 0 Å². The minimum absolute atomic E-state index is 0.292. The topological polar surface area (TPSA) is 95.1 Å². The van der Waals surface area contributed by atoms with Crippen LogP contribution < -0.4 is 11.1 Å². The van der Waals surface area contributed by atoms with E-state index < -0.39 is 5.97 Å². The third kappa shape index (κ3) is 2.71. The van der Waals surface area contributed by atoms with E-state index in [0.29, 0.717) is 23.6 Å². The molecule has 0 aliphatic rings. The van der Waals surface area contributed by atoms with E-state index in [4.69, 9.17) is 5.73 Å². The number of pyridine rings is 1. The number of nitrogens with two attached hydrogens (primary N) is 1. The highest BCUT2D eigenvalue weighted by Crippen LogP contribution is 2.17. The van der Waals surface area contributed by atoms with Crippen LogP contribution in [0.4, 0.5) is 11.5 Å². The molecule has 0 bridgehead atoms. The van der Waals surface area contributed by atoms with Crippen LogP contribution in [0.15, 0.2) is 18.5 Å². The van der Waals surface area contributed by atoms with Crippen molar-refractivity contribution in [3.63, 3.8) is 0 Å². The van der Waals surface area contributed by atoms with Crippen molar-refractivity contribution in [2.75, 3.05) is 18.2 Å². The molecule has 3 N–H and O–H groups in total. The average Bonchev–Trinajstić information content (AvgIpc) is 2.77. The fourth-order valence-corrected chi connectivity index (χ4v) is 1.75. The standard InChI is InChI=1S/C13H17N5O2/c1-8-9(6-17-18(8)2)5-15-12-4-10(13(19)20-3)11(14)7-16-12/h4,6-7H,5,14H2,1-3H3,(H,15,16). The maximum Gasteiger partial charge on any atom is 0.340 e. The van der Waals surface area contributed by atoms with E-state index in [0.717, 1.165) is 11.3 Å². The summed E-state index contributed by atoms with van der Waals surface area (Å²) in [5.41, 5.74) is 8.42. The summed E-state index contributed by atoms with van der Waals surface area (Å²) in [6.45, 7) is 2.55. The Bertz CT molecular complexity index is 636. The molecule has 2 aromatic rings. The summed E-state index contributed by atoms with van der Waals surface area (Å²) < 4.78 is 6.47. The summed E-state index contributed by atoms with van der Waals surface area (Å²) in [7, 11) is 3.20. The highest BCUT2D eigenvalue weighted by atomic mass is 16.5. The van der Waals surface area contributed by atoms with E-state index in [-0.39, 0.29) is 0 Å². The summed E-state index contributed by atoms with van der Waals surface area (Å²) in [4.78, 5) is 15.7. The lowest BCUT2D eigenvalue weighted by Gasteiger charge is -2.08. The first kappa shape index (κ1) is 13.9. The maximum absolute atomic E-state index is 11.5. The smallest absolute Gasteiger partial charge is 0.340 e. The van der Waals surface area contributed by atoms with Gasteiger partial charge in [-0.3, -0.25) is 4.68 Å². The monoisotopic (exact) mass is 275 g/mol. The van der Waals surface area contributed by atoms with Gasteiger partial charge in [-0.15, -0.1) is 0 Å². The van der Waals surface area contributed by atoms with Gasteiger partial charge >= 0.3 is 5.97 Å². The van der Waals surface area contributed by atoms with E-state index in [1.54, 1.807) is 16.9 Å². The van der Waals surface area contributed by atoms with Gasteiger partial charge in [0.2, 0.25) is 0 Å². The molecule has 106 valence electrons. The van der Waals surface area contributed by atoms with E-state index in [9.17, 15) is 4.79 Å². The summed E-state index contributed by atoms with van der Waals surface area (Å²) in [5, 5.41) is 7.30. The lowest BCUT2D eigenvalue weighted by atomic mass is 10.2. The van der Waals surface area contributed by atoms with Crippen LogP contribution in [-0.4, -0.2) is 27.8 Å². The SMILES string of the molecule is COC(=O)c1cc(NCc2cnn(C)c2C)ncc1N. The van der Waals surface area contributed by atoms with Gasteiger partial charge in [0, 0.05) is 24.8 Å². The van der Waals surface area contributed by atoms with Crippen molar-refractivity contribution in [3.8, 4) is 0 Å². The normalized spacial score (nSPS) is 10.3. The number of aromatic nitrogens is 3. The van der Waals surface area contributed by atoms with Crippen LogP contribution in [0, 0.1) is 6.92 Å². The minimum atomic E-state index is -0.481. The highest BCUT2D eigenvalue weighted by molar-refractivity contribution is 5.95. The lowest BCUT2D eigenvalue weighted by molar-refractivity contribution is 0.0602. The Morgan fingerprint density at radius 3 is 2.85 bits per heavy atom. The molecule has 0 aliphatic heterocycles. The number of anilines is 2. The summed E-state index contributed by atoms with van der Waals surface area (Å²) in [6.07, 6.45) is 3.23. The number of nitrogen functional groups attached to an aromatic ring is 1. The number of hydrogen-bond donors (Lipinski definition) is 2. The Morgan fingerprint density at radius 1 is 1.50 bits per heavy atom. The molecule has 7 nitrogen and oxygen atoms in total. The van der Waals surface area contributed by atoms with Crippen molar-refractivity contribution < 1.29 is 9.53 Å². The number of rotatable bonds is 4. The molecule has 2 heterocycles. The second-order valence-electron chi connectivity index (χ2n) is 4.38.